The fourth-order valence-corrected chi connectivity index (χ4v) is 2.57. The molecule has 0 saturated heterocycles. The van der Waals surface area contributed by atoms with Crippen molar-refractivity contribution in [2.24, 2.45) is 0 Å². The zero-order valence-corrected chi connectivity index (χ0v) is 12.3. The van der Waals surface area contributed by atoms with Gasteiger partial charge in [0, 0.05) is 11.4 Å². The average Bonchev–Trinajstić information content (AvgIpc) is 2.66. The van der Waals surface area contributed by atoms with E-state index >= 15 is 0 Å². The van der Waals surface area contributed by atoms with Gasteiger partial charge in [0.25, 0.3) is 5.91 Å². The number of aryl methyl sites for hydroxylation is 2. The van der Waals surface area contributed by atoms with Crippen molar-refractivity contribution < 1.29 is 4.79 Å². The van der Waals surface area contributed by atoms with Crippen LogP contribution >= 0.6 is 23.7 Å². The van der Waals surface area contributed by atoms with Crippen LogP contribution in [-0.2, 0) is 6.42 Å². The van der Waals surface area contributed by atoms with Gasteiger partial charge in [0.05, 0.1) is 4.88 Å². The first-order chi connectivity index (χ1) is 7.69. The molecular formula is C12H21ClN2OS. The third kappa shape index (κ3) is 5.06. The predicted molar refractivity (Wildman–Crippen MR) is 76.6 cm³/mol. The van der Waals surface area contributed by atoms with E-state index in [2.05, 4.69) is 24.5 Å². The molecule has 0 saturated carbocycles. The van der Waals surface area contributed by atoms with Gasteiger partial charge in [-0.1, -0.05) is 6.92 Å². The number of rotatable bonds is 6. The van der Waals surface area contributed by atoms with Crippen LogP contribution in [-0.4, -0.2) is 26.0 Å². The van der Waals surface area contributed by atoms with Crippen molar-refractivity contribution in [3.05, 3.63) is 21.4 Å². The van der Waals surface area contributed by atoms with Gasteiger partial charge in [-0.15, -0.1) is 23.7 Å². The van der Waals surface area contributed by atoms with Crippen molar-refractivity contribution in [2.75, 3.05) is 20.1 Å². The SMILES string of the molecule is CCc1sc(C(=O)NCCCNC)cc1C.Cl. The molecule has 0 spiro atoms. The lowest BCUT2D eigenvalue weighted by molar-refractivity contribution is 0.0957. The summed E-state index contributed by atoms with van der Waals surface area (Å²) >= 11 is 1.60. The van der Waals surface area contributed by atoms with Gasteiger partial charge in [-0.25, -0.2) is 0 Å². The highest BCUT2D eigenvalue weighted by atomic mass is 35.5. The van der Waals surface area contributed by atoms with Gasteiger partial charge in [0.1, 0.15) is 0 Å². The molecule has 5 heteroatoms. The zero-order valence-electron chi connectivity index (χ0n) is 10.6. The maximum atomic E-state index is 11.8. The Labute approximate surface area is 113 Å². The molecular weight excluding hydrogens is 256 g/mol. The molecule has 0 aliphatic rings. The van der Waals surface area contributed by atoms with Crippen molar-refractivity contribution in [2.45, 2.75) is 26.7 Å². The topological polar surface area (TPSA) is 41.1 Å². The van der Waals surface area contributed by atoms with Crippen molar-refractivity contribution >= 4 is 29.7 Å². The van der Waals surface area contributed by atoms with Crippen LogP contribution in [0.15, 0.2) is 6.07 Å². The average molecular weight is 277 g/mol. The van der Waals surface area contributed by atoms with Crippen LogP contribution in [0.5, 0.6) is 0 Å². The zero-order chi connectivity index (χ0) is 12.0. The molecule has 0 atom stereocenters. The number of hydrogen-bond donors (Lipinski definition) is 2. The molecule has 1 aromatic rings. The molecule has 0 fully saturated rings. The molecule has 0 aliphatic carbocycles. The van der Waals surface area contributed by atoms with Crippen LogP contribution in [0.4, 0.5) is 0 Å². The lowest BCUT2D eigenvalue weighted by Crippen LogP contribution is -2.25. The number of carbonyl (C=O) groups excluding carboxylic acids is 1. The number of amides is 1. The van der Waals surface area contributed by atoms with Gasteiger partial charge in [-0.2, -0.15) is 0 Å². The van der Waals surface area contributed by atoms with Gasteiger partial charge < -0.3 is 10.6 Å². The summed E-state index contributed by atoms with van der Waals surface area (Å²) in [5, 5.41) is 5.98. The third-order valence-electron chi connectivity index (χ3n) is 2.45. The quantitative estimate of drug-likeness (QED) is 0.784. The Hall–Kier alpha value is -0.580. The molecule has 98 valence electrons. The standard InChI is InChI=1S/C12H20N2OS.ClH/c1-4-10-9(2)8-11(16-10)12(15)14-7-5-6-13-3;/h8,13H,4-7H2,1-3H3,(H,14,15);1H. The van der Waals surface area contributed by atoms with Crippen LogP contribution < -0.4 is 10.6 Å². The highest BCUT2D eigenvalue weighted by Crippen LogP contribution is 2.22. The van der Waals surface area contributed by atoms with E-state index in [-0.39, 0.29) is 18.3 Å². The normalized spacial score (nSPS) is 9.82. The monoisotopic (exact) mass is 276 g/mol. The second-order valence-corrected chi connectivity index (χ2v) is 4.92. The first kappa shape index (κ1) is 16.4. The summed E-state index contributed by atoms with van der Waals surface area (Å²) in [6, 6.07) is 1.98. The second kappa shape index (κ2) is 8.50. The summed E-state index contributed by atoms with van der Waals surface area (Å²) in [6.45, 7) is 5.85. The van der Waals surface area contributed by atoms with E-state index in [9.17, 15) is 4.79 Å². The second-order valence-electron chi connectivity index (χ2n) is 3.78. The van der Waals surface area contributed by atoms with Crippen molar-refractivity contribution in [3.8, 4) is 0 Å². The Morgan fingerprint density at radius 2 is 2.12 bits per heavy atom. The summed E-state index contributed by atoms with van der Waals surface area (Å²) in [7, 11) is 1.91. The number of hydrogen-bond acceptors (Lipinski definition) is 3. The Morgan fingerprint density at radius 3 is 2.65 bits per heavy atom. The molecule has 0 bridgehead atoms. The van der Waals surface area contributed by atoms with E-state index in [0.717, 1.165) is 30.8 Å². The summed E-state index contributed by atoms with van der Waals surface area (Å²) in [5.41, 5.74) is 1.23. The van der Waals surface area contributed by atoms with Crippen molar-refractivity contribution in [1.29, 1.82) is 0 Å². The Bertz CT molecular complexity index is 352. The Kier molecular flexibility index (Phi) is 8.21. The summed E-state index contributed by atoms with van der Waals surface area (Å²) in [6.07, 6.45) is 1.97. The minimum absolute atomic E-state index is 0. The van der Waals surface area contributed by atoms with Gasteiger partial charge in [-0.05, 0) is 45.0 Å². The van der Waals surface area contributed by atoms with E-state index in [1.807, 2.05) is 13.1 Å². The van der Waals surface area contributed by atoms with Crippen LogP contribution in [0, 0.1) is 6.92 Å². The Balaban J connectivity index is 0.00000256. The number of nitrogens with one attached hydrogen (secondary N) is 2. The summed E-state index contributed by atoms with van der Waals surface area (Å²) in [4.78, 5) is 13.9. The maximum absolute atomic E-state index is 11.8. The molecule has 1 heterocycles. The molecule has 0 radical (unpaired) electrons. The highest BCUT2D eigenvalue weighted by molar-refractivity contribution is 7.14. The van der Waals surface area contributed by atoms with Gasteiger partial charge in [0.2, 0.25) is 0 Å². The first-order valence-electron chi connectivity index (χ1n) is 5.71. The fourth-order valence-electron chi connectivity index (χ4n) is 1.54. The van der Waals surface area contributed by atoms with E-state index < -0.39 is 0 Å². The lowest BCUT2D eigenvalue weighted by atomic mass is 10.2. The minimum atomic E-state index is 0. The van der Waals surface area contributed by atoms with E-state index in [4.69, 9.17) is 0 Å². The molecule has 1 aromatic heterocycles. The van der Waals surface area contributed by atoms with Crippen LogP contribution in [0.2, 0.25) is 0 Å². The maximum Gasteiger partial charge on any atom is 0.261 e. The number of carbonyl (C=O) groups is 1. The molecule has 3 nitrogen and oxygen atoms in total. The smallest absolute Gasteiger partial charge is 0.261 e. The van der Waals surface area contributed by atoms with Crippen molar-refractivity contribution in [1.82, 2.24) is 10.6 Å². The van der Waals surface area contributed by atoms with Crippen molar-refractivity contribution in [3.63, 3.8) is 0 Å². The van der Waals surface area contributed by atoms with E-state index in [1.54, 1.807) is 11.3 Å². The Morgan fingerprint density at radius 1 is 1.41 bits per heavy atom. The third-order valence-corrected chi connectivity index (χ3v) is 3.83. The molecule has 17 heavy (non-hydrogen) atoms. The number of thiophene rings is 1. The molecule has 1 rings (SSSR count). The summed E-state index contributed by atoms with van der Waals surface area (Å²) < 4.78 is 0. The first-order valence-corrected chi connectivity index (χ1v) is 6.52. The molecule has 0 aliphatic heterocycles. The van der Waals surface area contributed by atoms with Gasteiger partial charge >= 0.3 is 0 Å². The fraction of sp³-hybridized carbons (Fsp3) is 0.583. The summed E-state index contributed by atoms with van der Waals surface area (Å²) in [5.74, 6) is 0.0592. The predicted octanol–water partition coefficient (Wildman–Crippen LogP) is 2.38. The minimum Gasteiger partial charge on any atom is -0.351 e. The number of halogens is 1. The van der Waals surface area contributed by atoms with Crippen LogP contribution in [0.25, 0.3) is 0 Å². The largest absolute Gasteiger partial charge is 0.351 e. The van der Waals surface area contributed by atoms with Gasteiger partial charge in [-0.3, -0.25) is 4.79 Å². The molecule has 0 unspecified atom stereocenters. The lowest BCUT2D eigenvalue weighted by Gasteiger charge is -2.02. The highest BCUT2D eigenvalue weighted by Gasteiger charge is 2.10. The van der Waals surface area contributed by atoms with Crippen LogP contribution in [0.3, 0.4) is 0 Å². The van der Waals surface area contributed by atoms with E-state index in [1.165, 1.54) is 10.4 Å². The molecule has 1 amide bonds. The van der Waals surface area contributed by atoms with Crippen LogP contribution in [0.1, 0.15) is 33.5 Å². The van der Waals surface area contributed by atoms with E-state index in [0.29, 0.717) is 0 Å². The molecule has 2 N–H and O–H groups in total. The van der Waals surface area contributed by atoms with Gasteiger partial charge in [0.15, 0.2) is 0 Å². The molecule has 0 aromatic carbocycles.